The van der Waals surface area contributed by atoms with E-state index in [0.29, 0.717) is 0 Å². The number of morpholine rings is 1. The smallest absolute Gasteiger partial charge is 0.188 e. The van der Waals surface area contributed by atoms with Gasteiger partial charge < -0.3 is 4.74 Å². The molecule has 0 atom stereocenters. The molecule has 1 aliphatic rings. The number of hydrogen-bond acceptors (Lipinski definition) is 5. The van der Waals surface area contributed by atoms with Crippen LogP contribution >= 0.6 is 11.8 Å². The Bertz CT molecular complexity index is 367. The van der Waals surface area contributed by atoms with E-state index in [-0.39, 0.29) is 0 Å². The Balaban J connectivity index is 2.03. The van der Waals surface area contributed by atoms with Gasteiger partial charge in [0.25, 0.3) is 0 Å². The molecule has 0 bridgehead atoms. The van der Waals surface area contributed by atoms with Gasteiger partial charge in [0.2, 0.25) is 0 Å². The average Bonchev–Trinajstić information content (AvgIpc) is 2.30. The van der Waals surface area contributed by atoms with Crippen LogP contribution in [0.5, 0.6) is 0 Å². The SMILES string of the molecule is CCSc1nc(C)cc(CN2CCOCC2)n1. The largest absolute Gasteiger partial charge is 0.379 e. The van der Waals surface area contributed by atoms with E-state index < -0.39 is 0 Å². The third-order valence-corrected chi connectivity index (χ3v) is 3.38. The van der Waals surface area contributed by atoms with Gasteiger partial charge in [-0.25, -0.2) is 9.97 Å². The molecular weight excluding hydrogens is 234 g/mol. The number of ether oxygens (including phenoxy) is 1. The second-order valence-electron chi connectivity index (χ2n) is 4.10. The number of aromatic nitrogens is 2. The van der Waals surface area contributed by atoms with Gasteiger partial charge in [-0.3, -0.25) is 4.90 Å². The lowest BCUT2D eigenvalue weighted by molar-refractivity contribution is 0.0335. The van der Waals surface area contributed by atoms with Crippen molar-refractivity contribution in [3.63, 3.8) is 0 Å². The Morgan fingerprint density at radius 3 is 2.82 bits per heavy atom. The monoisotopic (exact) mass is 253 g/mol. The standard InChI is InChI=1S/C12H19N3OS/c1-3-17-12-13-10(2)8-11(14-12)9-15-4-6-16-7-5-15/h8H,3-7,9H2,1-2H3. The zero-order valence-electron chi connectivity index (χ0n) is 10.5. The van der Waals surface area contributed by atoms with Crippen molar-refractivity contribution in [2.45, 2.75) is 25.5 Å². The molecule has 0 spiro atoms. The minimum atomic E-state index is 0.834. The predicted molar refractivity (Wildman–Crippen MR) is 69.3 cm³/mol. The van der Waals surface area contributed by atoms with E-state index in [0.717, 1.165) is 55.1 Å². The van der Waals surface area contributed by atoms with Gasteiger partial charge in [-0.15, -0.1) is 0 Å². The molecule has 0 N–H and O–H groups in total. The molecule has 17 heavy (non-hydrogen) atoms. The van der Waals surface area contributed by atoms with Gasteiger partial charge in [0, 0.05) is 25.3 Å². The Labute approximate surface area is 107 Å². The quantitative estimate of drug-likeness (QED) is 0.603. The lowest BCUT2D eigenvalue weighted by atomic mass is 10.3. The molecule has 4 nitrogen and oxygen atoms in total. The van der Waals surface area contributed by atoms with Gasteiger partial charge in [0.05, 0.1) is 18.9 Å². The van der Waals surface area contributed by atoms with E-state index in [1.54, 1.807) is 11.8 Å². The van der Waals surface area contributed by atoms with E-state index in [1.165, 1.54) is 0 Å². The second-order valence-corrected chi connectivity index (χ2v) is 5.34. The first-order chi connectivity index (χ1) is 8.28. The van der Waals surface area contributed by atoms with Gasteiger partial charge in [0.1, 0.15) is 0 Å². The van der Waals surface area contributed by atoms with Crippen molar-refractivity contribution < 1.29 is 4.74 Å². The van der Waals surface area contributed by atoms with Crippen molar-refractivity contribution in [3.8, 4) is 0 Å². The molecule has 1 aromatic heterocycles. The minimum absolute atomic E-state index is 0.834. The molecule has 5 heteroatoms. The molecule has 0 unspecified atom stereocenters. The van der Waals surface area contributed by atoms with Crippen LogP contribution in [0.25, 0.3) is 0 Å². The lowest BCUT2D eigenvalue weighted by Gasteiger charge is -2.26. The summed E-state index contributed by atoms with van der Waals surface area (Å²) >= 11 is 1.70. The van der Waals surface area contributed by atoms with Crippen LogP contribution in [0.3, 0.4) is 0 Å². The molecule has 2 rings (SSSR count). The van der Waals surface area contributed by atoms with Crippen LogP contribution < -0.4 is 0 Å². The van der Waals surface area contributed by atoms with Crippen molar-refractivity contribution >= 4 is 11.8 Å². The fourth-order valence-corrected chi connectivity index (χ4v) is 2.52. The molecule has 0 aliphatic carbocycles. The minimum Gasteiger partial charge on any atom is -0.379 e. The summed E-state index contributed by atoms with van der Waals surface area (Å²) in [6.07, 6.45) is 0. The Morgan fingerprint density at radius 2 is 2.12 bits per heavy atom. The number of nitrogens with zero attached hydrogens (tertiary/aromatic N) is 3. The highest BCUT2D eigenvalue weighted by molar-refractivity contribution is 7.99. The van der Waals surface area contributed by atoms with Crippen molar-refractivity contribution in [3.05, 3.63) is 17.5 Å². The maximum Gasteiger partial charge on any atom is 0.188 e. The molecule has 94 valence electrons. The van der Waals surface area contributed by atoms with Crippen molar-refractivity contribution in [2.75, 3.05) is 32.1 Å². The molecule has 1 aliphatic heterocycles. The van der Waals surface area contributed by atoms with Gasteiger partial charge >= 0.3 is 0 Å². The van der Waals surface area contributed by atoms with Gasteiger partial charge in [-0.1, -0.05) is 18.7 Å². The van der Waals surface area contributed by atoms with Gasteiger partial charge in [-0.05, 0) is 18.7 Å². The zero-order valence-corrected chi connectivity index (χ0v) is 11.3. The van der Waals surface area contributed by atoms with E-state index in [2.05, 4.69) is 27.9 Å². The molecule has 2 heterocycles. The predicted octanol–water partition coefficient (Wildman–Crippen LogP) is 1.73. The van der Waals surface area contributed by atoms with E-state index in [4.69, 9.17) is 4.74 Å². The molecule has 0 aromatic carbocycles. The third kappa shape index (κ3) is 3.94. The molecule has 1 aromatic rings. The first-order valence-electron chi connectivity index (χ1n) is 6.05. The van der Waals surface area contributed by atoms with Crippen LogP contribution in [-0.4, -0.2) is 46.9 Å². The van der Waals surface area contributed by atoms with Gasteiger partial charge in [0.15, 0.2) is 5.16 Å². The Kier molecular flexibility index (Phi) is 4.76. The third-order valence-electron chi connectivity index (χ3n) is 2.65. The number of thioether (sulfide) groups is 1. The second kappa shape index (κ2) is 6.33. The maximum atomic E-state index is 5.34. The van der Waals surface area contributed by atoms with Crippen LogP contribution in [0.2, 0.25) is 0 Å². The first kappa shape index (κ1) is 12.8. The summed E-state index contributed by atoms with van der Waals surface area (Å²) in [5.41, 5.74) is 2.18. The molecule has 0 saturated carbocycles. The maximum absolute atomic E-state index is 5.34. The summed E-state index contributed by atoms with van der Waals surface area (Å²) < 4.78 is 5.34. The lowest BCUT2D eigenvalue weighted by Crippen LogP contribution is -2.35. The highest BCUT2D eigenvalue weighted by atomic mass is 32.2. The summed E-state index contributed by atoms with van der Waals surface area (Å²) in [4.78, 5) is 11.4. The summed E-state index contributed by atoms with van der Waals surface area (Å²) in [6.45, 7) is 8.73. The Morgan fingerprint density at radius 1 is 1.35 bits per heavy atom. The first-order valence-corrected chi connectivity index (χ1v) is 7.04. The number of hydrogen-bond donors (Lipinski definition) is 0. The van der Waals surface area contributed by atoms with E-state index in [1.807, 2.05) is 6.92 Å². The highest BCUT2D eigenvalue weighted by Gasteiger charge is 2.12. The highest BCUT2D eigenvalue weighted by Crippen LogP contribution is 2.14. The van der Waals surface area contributed by atoms with Crippen LogP contribution in [0.4, 0.5) is 0 Å². The van der Waals surface area contributed by atoms with Crippen molar-refractivity contribution in [2.24, 2.45) is 0 Å². The van der Waals surface area contributed by atoms with Crippen LogP contribution in [-0.2, 0) is 11.3 Å². The fourth-order valence-electron chi connectivity index (χ4n) is 1.87. The van der Waals surface area contributed by atoms with Crippen molar-refractivity contribution in [1.29, 1.82) is 0 Å². The Hall–Kier alpha value is -0.650. The summed E-state index contributed by atoms with van der Waals surface area (Å²) in [7, 11) is 0. The molecule has 0 radical (unpaired) electrons. The van der Waals surface area contributed by atoms with Crippen LogP contribution in [0, 0.1) is 6.92 Å². The van der Waals surface area contributed by atoms with Crippen molar-refractivity contribution in [1.82, 2.24) is 14.9 Å². The zero-order chi connectivity index (χ0) is 12.1. The molecular formula is C12H19N3OS. The van der Waals surface area contributed by atoms with Crippen LogP contribution in [0.1, 0.15) is 18.3 Å². The molecule has 1 saturated heterocycles. The average molecular weight is 253 g/mol. The molecule has 1 fully saturated rings. The summed E-state index contributed by atoms with van der Waals surface area (Å²) in [5, 5.41) is 0.899. The summed E-state index contributed by atoms with van der Waals surface area (Å²) in [5.74, 6) is 1.01. The topological polar surface area (TPSA) is 38.2 Å². The number of rotatable bonds is 4. The number of aryl methyl sites for hydroxylation is 1. The normalized spacial score (nSPS) is 17.3. The van der Waals surface area contributed by atoms with E-state index >= 15 is 0 Å². The summed E-state index contributed by atoms with van der Waals surface area (Å²) in [6, 6.07) is 2.08. The van der Waals surface area contributed by atoms with Gasteiger partial charge in [-0.2, -0.15) is 0 Å². The fraction of sp³-hybridized carbons (Fsp3) is 0.667. The van der Waals surface area contributed by atoms with Crippen LogP contribution in [0.15, 0.2) is 11.2 Å². The molecule has 0 amide bonds. The van der Waals surface area contributed by atoms with E-state index in [9.17, 15) is 0 Å².